The summed E-state index contributed by atoms with van der Waals surface area (Å²) in [6.45, 7) is 4.13. The van der Waals surface area contributed by atoms with E-state index in [1.165, 1.54) is 31.2 Å². The number of nitrogens with one attached hydrogen (secondary N) is 2. The Morgan fingerprint density at radius 2 is 0.902 bits per heavy atom. The molecule has 4 saturated heterocycles. The number of aromatic hydroxyl groups is 3. The standard InChI is InChI=1S/C26H31NO6.C21H27NO4.C16H19NO4.C16H17NO4.C5H7ClO.4CH4/c28-17-9-10-26(31)19-13-16-7-8-18(32-24(30)15-5-2-6-15)21-20(16)25(26,22(17)33-21)11-12-27(19)23(29)14-3-1-4-14;23-14-5-4-13-10-16-21(25)7-6-15(24)19-20(21,17(13)18(14)26-19)8-9-22(16)11-12-2-1-3-12;2*18-9-2-1-8-7-11-16(20)4-3-10(19)14-15(16,5-6-17-11)12(8)13(9)21-14;6-5(7)4-2-1-3-4;;;;/h7-8,14-15,17,19,22,28,31H,1-6,9-13H2;4-5,12,15-16,19,23-25H,1-3,6-11H2;1-2,10-11,14,17-20H,3-7H2;1-2,11,14,17-18,20H,3-7H2;4H,1-3H2;4*1H4/t17-,19+,22-,25-,26+;15-,16+,19-,20-,21+;10-,11+,14-,15-,16+;11-,14+,15+,16-;;;;;/m0001...../s1. The Morgan fingerprint density at radius 3 is 1.40 bits per heavy atom. The second kappa shape index (κ2) is 27.9. The number of benzene rings is 4. The zero-order valence-corrected chi connectivity index (χ0v) is 61.8. The van der Waals surface area contributed by atoms with Crippen LogP contribution in [-0.4, -0.2) is 206 Å². The molecular formula is C88H117ClN4O19. The number of carbonyl (C=O) groups is 4. The summed E-state index contributed by atoms with van der Waals surface area (Å²) in [6.07, 6.45) is 18.3. The Hall–Kier alpha value is -6.35. The molecule has 4 aromatic carbocycles. The normalized spacial score (nSPS) is 39.4. The van der Waals surface area contributed by atoms with Gasteiger partial charge in [0.05, 0.1) is 74.3 Å². The van der Waals surface area contributed by atoms with Crippen LogP contribution < -0.4 is 34.3 Å². The number of likely N-dealkylation sites (tertiary alicyclic amines) is 2. The van der Waals surface area contributed by atoms with Gasteiger partial charge >= 0.3 is 5.97 Å². The first-order chi connectivity index (χ1) is 51.9. The maximum Gasteiger partial charge on any atom is 0.314 e. The number of esters is 1. The molecule has 12 fully saturated rings. The van der Waals surface area contributed by atoms with Gasteiger partial charge in [-0.3, -0.25) is 24.1 Å². The number of piperidine rings is 4. The zero-order valence-electron chi connectivity index (χ0n) is 61.0. The quantitative estimate of drug-likeness (QED) is 0.0488. The van der Waals surface area contributed by atoms with Gasteiger partial charge in [0.15, 0.2) is 57.9 Å². The number of carbonyl (C=O) groups excluding carboxylic acids is 4. The van der Waals surface area contributed by atoms with Gasteiger partial charge in [-0.05, 0) is 231 Å². The van der Waals surface area contributed by atoms with Gasteiger partial charge in [0.2, 0.25) is 11.1 Å². The first kappa shape index (κ1) is 79.5. The largest absolute Gasteiger partial charge is 0.504 e. The number of rotatable bonds is 6. The van der Waals surface area contributed by atoms with Crippen molar-refractivity contribution in [2.45, 2.75) is 320 Å². The van der Waals surface area contributed by atoms with Gasteiger partial charge in [-0.15, -0.1) is 0 Å². The highest BCUT2D eigenvalue weighted by atomic mass is 35.5. The van der Waals surface area contributed by atoms with Gasteiger partial charge in [0.1, 0.15) is 18.3 Å². The van der Waals surface area contributed by atoms with Crippen LogP contribution in [0.15, 0.2) is 48.5 Å². The van der Waals surface area contributed by atoms with Crippen molar-refractivity contribution in [2.75, 3.05) is 32.7 Å². The van der Waals surface area contributed by atoms with E-state index < -0.39 is 86.8 Å². The molecule has 8 saturated carbocycles. The molecule has 8 aliphatic heterocycles. The summed E-state index contributed by atoms with van der Waals surface area (Å²) >= 11 is 5.14. The molecule has 24 rings (SSSR count). The van der Waals surface area contributed by atoms with E-state index in [1.807, 2.05) is 29.2 Å². The Labute approximate surface area is 661 Å². The highest BCUT2D eigenvalue weighted by Crippen LogP contribution is 2.70. The van der Waals surface area contributed by atoms with E-state index in [9.17, 15) is 70.2 Å². The average molecular weight is 1570 g/mol. The van der Waals surface area contributed by atoms with Crippen molar-refractivity contribution in [3.05, 3.63) is 93.0 Å². The number of ketones is 1. The van der Waals surface area contributed by atoms with Crippen LogP contribution in [0.1, 0.15) is 228 Å². The number of hydrogen-bond donors (Lipinski definition) is 12. The zero-order chi connectivity index (χ0) is 74.3. The number of ether oxygens (including phenoxy) is 5. The maximum atomic E-state index is 13.3. The van der Waals surface area contributed by atoms with Crippen LogP contribution in [0.3, 0.4) is 0 Å². The molecule has 112 heavy (non-hydrogen) atoms. The molecule has 20 aliphatic rings. The Kier molecular flexibility index (Phi) is 19.8. The fourth-order valence-electron chi connectivity index (χ4n) is 25.7. The van der Waals surface area contributed by atoms with Gasteiger partial charge < -0.3 is 90.3 Å². The number of hydrogen-bond acceptors (Lipinski definition) is 22. The van der Waals surface area contributed by atoms with Crippen LogP contribution in [0.5, 0.6) is 46.0 Å². The fourth-order valence-corrected chi connectivity index (χ4v) is 25.9. The second-order valence-electron chi connectivity index (χ2n) is 36.0. The molecule has 12 N–H and O–H groups in total. The predicted molar refractivity (Wildman–Crippen MR) is 415 cm³/mol. The van der Waals surface area contributed by atoms with E-state index in [0.717, 1.165) is 148 Å². The lowest BCUT2D eigenvalue weighted by Gasteiger charge is -2.64. The number of halogens is 1. The summed E-state index contributed by atoms with van der Waals surface area (Å²) in [5.41, 5.74) is 1.63. The molecule has 610 valence electrons. The monoisotopic (exact) mass is 1570 g/mol. The van der Waals surface area contributed by atoms with Crippen LogP contribution in [-0.2, 0) is 66.5 Å². The number of amides is 1. The minimum absolute atomic E-state index is 0. The minimum atomic E-state index is -1.16. The number of aliphatic hydroxyl groups excluding tert-OH is 3. The van der Waals surface area contributed by atoms with E-state index in [0.29, 0.717) is 112 Å². The van der Waals surface area contributed by atoms with Gasteiger partial charge in [-0.2, -0.15) is 0 Å². The Balaban J connectivity index is 0.000000110. The first-order valence-corrected chi connectivity index (χ1v) is 41.1. The van der Waals surface area contributed by atoms with Gasteiger partial charge in [0.25, 0.3) is 0 Å². The third kappa shape index (κ3) is 10.4. The molecule has 0 radical (unpaired) electrons. The van der Waals surface area contributed by atoms with Crippen molar-refractivity contribution in [3.63, 3.8) is 0 Å². The lowest BCUT2D eigenvalue weighted by Crippen LogP contribution is -2.77. The molecule has 8 bridgehead atoms. The molecule has 23 nitrogen and oxygen atoms in total. The summed E-state index contributed by atoms with van der Waals surface area (Å²) in [6, 6.07) is 14.3. The Morgan fingerprint density at radius 1 is 0.473 bits per heavy atom. The van der Waals surface area contributed by atoms with Crippen molar-refractivity contribution >= 4 is 34.5 Å². The number of aliphatic hydroxyl groups is 7. The number of phenolic OH excluding ortho intramolecular Hbond substituents is 3. The van der Waals surface area contributed by atoms with Crippen LogP contribution in [0.2, 0.25) is 0 Å². The van der Waals surface area contributed by atoms with Crippen molar-refractivity contribution in [1.29, 1.82) is 0 Å². The van der Waals surface area contributed by atoms with Crippen molar-refractivity contribution < 1.29 is 93.9 Å². The summed E-state index contributed by atoms with van der Waals surface area (Å²) in [5.74, 6) is 3.66. The van der Waals surface area contributed by atoms with Crippen LogP contribution in [0.4, 0.5) is 0 Å². The summed E-state index contributed by atoms with van der Waals surface area (Å²) in [5, 5.41) is 117. The maximum absolute atomic E-state index is 13.3. The fraction of sp³-hybridized carbons (Fsp3) is 0.682. The van der Waals surface area contributed by atoms with Crippen molar-refractivity contribution in [2.24, 2.45) is 23.7 Å². The third-order valence-corrected chi connectivity index (χ3v) is 32.1. The number of Topliss-reactive ketones (excluding diaryl/α,β-unsaturated/α-hetero) is 1. The second-order valence-corrected chi connectivity index (χ2v) is 36.4. The molecule has 24 heteroatoms. The van der Waals surface area contributed by atoms with Crippen molar-refractivity contribution in [1.82, 2.24) is 20.4 Å². The predicted octanol–water partition coefficient (Wildman–Crippen LogP) is 8.64. The molecule has 1 amide bonds. The molecular weight excluding hydrogens is 1450 g/mol. The highest BCUT2D eigenvalue weighted by molar-refractivity contribution is 6.64. The minimum Gasteiger partial charge on any atom is -0.504 e. The van der Waals surface area contributed by atoms with Crippen molar-refractivity contribution in [3.8, 4) is 46.0 Å². The Bertz CT molecular complexity index is 4430. The molecule has 12 aliphatic carbocycles. The van der Waals surface area contributed by atoms with Crippen LogP contribution in [0, 0.1) is 23.7 Å². The highest BCUT2D eigenvalue weighted by Gasteiger charge is 2.77. The molecule has 0 unspecified atom stereocenters. The average Bonchev–Trinajstić information content (AvgIpc) is 1.47. The third-order valence-electron chi connectivity index (χ3n) is 31.8. The lowest BCUT2D eigenvalue weighted by atomic mass is 9.48. The summed E-state index contributed by atoms with van der Waals surface area (Å²) in [7, 11) is 0. The summed E-state index contributed by atoms with van der Waals surface area (Å²) in [4.78, 5) is 53.0. The van der Waals surface area contributed by atoms with E-state index in [1.54, 1.807) is 24.3 Å². The molecule has 8 heterocycles. The first-order valence-electron chi connectivity index (χ1n) is 40.7. The van der Waals surface area contributed by atoms with E-state index >= 15 is 0 Å². The number of nitrogens with zero attached hydrogens (tertiary/aromatic N) is 2. The van der Waals surface area contributed by atoms with Crippen LogP contribution in [0.25, 0.3) is 0 Å². The smallest absolute Gasteiger partial charge is 0.314 e. The molecule has 0 aromatic heterocycles. The van der Waals surface area contributed by atoms with E-state index in [4.69, 9.17) is 35.3 Å². The number of phenols is 3. The van der Waals surface area contributed by atoms with E-state index in [2.05, 4.69) is 15.5 Å². The summed E-state index contributed by atoms with van der Waals surface area (Å²) < 4.78 is 30.3. The lowest BCUT2D eigenvalue weighted by molar-refractivity contribution is -0.211. The van der Waals surface area contributed by atoms with Gasteiger partial charge in [-0.25, -0.2) is 0 Å². The van der Waals surface area contributed by atoms with Gasteiger partial charge in [-0.1, -0.05) is 79.7 Å². The van der Waals surface area contributed by atoms with Crippen LogP contribution >= 0.6 is 11.6 Å². The SMILES string of the molecule is C.C.C.C.O=C(Cl)C1CCC1.O=C(Oc1ccc2c3c1O[C@H]1[C@@H](O)CC[C@@]4(O)[C@@H](C2)N(C(=O)C2CCC2)CC[C@]314)C1CCC1.O=C1CC[C@@]2(O)[C@H]3Cc4ccc(O)c5c4[C@@]2(CCN3)[C@H]1O5.Oc1ccc2c3c1O[C@H]1[C@@H](O)CC[C@@]4(O)[C@@H](C2)N(CC2CCC2)CC[C@]314.Oc1ccc2c3c1O[C@H]1[C@@H](O)CC[C@@]4(O)[C@@H](C2)NCC[C@]314. The van der Waals surface area contributed by atoms with E-state index in [-0.39, 0.29) is 112 Å². The molecule has 4 spiro atoms. The molecule has 19 atom stereocenters. The molecule has 4 aromatic rings. The topological polar surface area (TPSA) is 347 Å². The van der Waals surface area contributed by atoms with Gasteiger partial charge in [0, 0.05) is 71.7 Å².